The van der Waals surface area contributed by atoms with Gasteiger partial charge in [-0.05, 0) is 31.2 Å². The van der Waals surface area contributed by atoms with Crippen LogP contribution in [0, 0.1) is 0 Å². The molecule has 2 aliphatic heterocycles. The van der Waals surface area contributed by atoms with Crippen LogP contribution in [0.3, 0.4) is 0 Å². The number of amides is 1. The zero-order chi connectivity index (χ0) is 18.1. The molecule has 0 radical (unpaired) electrons. The highest BCUT2D eigenvalue weighted by atomic mass is 16.5. The predicted molar refractivity (Wildman–Crippen MR) is 94.2 cm³/mol. The van der Waals surface area contributed by atoms with Crippen molar-refractivity contribution in [2.24, 2.45) is 0 Å². The van der Waals surface area contributed by atoms with Crippen LogP contribution in [-0.2, 0) is 17.8 Å². The fourth-order valence-electron chi connectivity index (χ4n) is 3.81. The van der Waals surface area contributed by atoms with Crippen LogP contribution < -0.4 is 10.4 Å². The van der Waals surface area contributed by atoms with E-state index in [1.165, 1.54) is 4.68 Å². The summed E-state index contributed by atoms with van der Waals surface area (Å²) < 4.78 is 8.11. The lowest BCUT2D eigenvalue weighted by Crippen LogP contribution is -2.41. The van der Waals surface area contributed by atoms with Gasteiger partial charge in [0.1, 0.15) is 11.9 Å². The molecule has 4 rings (SSSR count). The molecule has 2 aromatic heterocycles. The van der Waals surface area contributed by atoms with Crippen LogP contribution >= 0.6 is 0 Å². The van der Waals surface area contributed by atoms with E-state index in [1.54, 1.807) is 23.9 Å². The normalized spacial score (nSPS) is 19.4. The van der Waals surface area contributed by atoms with Crippen molar-refractivity contribution in [1.29, 1.82) is 0 Å². The lowest BCUT2D eigenvalue weighted by atomic mass is 10.0. The second-order valence-electron chi connectivity index (χ2n) is 6.88. The molecule has 1 atom stereocenters. The Labute approximate surface area is 151 Å². The highest BCUT2D eigenvalue weighted by molar-refractivity contribution is 5.80. The lowest BCUT2D eigenvalue weighted by molar-refractivity contribution is -0.134. The van der Waals surface area contributed by atoms with Gasteiger partial charge in [-0.15, -0.1) is 0 Å². The van der Waals surface area contributed by atoms with E-state index in [2.05, 4.69) is 10.1 Å². The first-order chi connectivity index (χ1) is 12.7. The average molecular weight is 357 g/mol. The van der Waals surface area contributed by atoms with Gasteiger partial charge in [0.2, 0.25) is 11.8 Å². The SMILES string of the molecule is COc1ccc(Cn2nc3n(c2=O)[C@H](C(=O)N2CCCC2)CCC3)cn1. The molecular weight excluding hydrogens is 334 g/mol. The van der Waals surface area contributed by atoms with Crippen LogP contribution in [-0.4, -0.2) is 50.3 Å². The Balaban J connectivity index is 1.61. The number of hydrogen-bond acceptors (Lipinski definition) is 5. The van der Waals surface area contributed by atoms with Crippen molar-refractivity contribution >= 4 is 5.91 Å². The molecule has 1 amide bonds. The van der Waals surface area contributed by atoms with Crippen molar-refractivity contribution in [2.45, 2.75) is 44.7 Å². The van der Waals surface area contributed by atoms with E-state index in [1.807, 2.05) is 11.0 Å². The second-order valence-corrected chi connectivity index (χ2v) is 6.88. The van der Waals surface area contributed by atoms with Crippen molar-refractivity contribution in [3.05, 3.63) is 40.2 Å². The molecule has 0 N–H and O–H groups in total. The molecule has 0 aliphatic carbocycles. The maximum absolute atomic E-state index is 12.9. The molecule has 26 heavy (non-hydrogen) atoms. The van der Waals surface area contributed by atoms with Gasteiger partial charge in [-0.2, -0.15) is 5.10 Å². The maximum Gasteiger partial charge on any atom is 0.346 e. The largest absolute Gasteiger partial charge is 0.481 e. The molecule has 1 saturated heterocycles. The first-order valence-corrected chi connectivity index (χ1v) is 9.13. The molecule has 0 aromatic carbocycles. The molecule has 0 saturated carbocycles. The minimum atomic E-state index is -0.410. The van der Waals surface area contributed by atoms with E-state index in [0.29, 0.717) is 24.7 Å². The van der Waals surface area contributed by atoms with Crippen molar-refractivity contribution in [3.63, 3.8) is 0 Å². The number of aromatic nitrogens is 4. The molecule has 0 spiro atoms. The predicted octanol–water partition coefficient (Wildman–Crippen LogP) is 0.996. The van der Waals surface area contributed by atoms with Crippen molar-refractivity contribution in [1.82, 2.24) is 24.2 Å². The molecule has 0 bridgehead atoms. The maximum atomic E-state index is 12.9. The zero-order valence-corrected chi connectivity index (χ0v) is 14.9. The van der Waals surface area contributed by atoms with Crippen LogP contribution in [0.2, 0.25) is 0 Å². The highest BCUT2D eigenvalue weighted by Gasteiger charge is 2.34. The summed E-state index contributed by atoms with van der Waals surface area (Å²) in [5.41, 5.74) is 0.652. The molecule has 138 valence electrons. The van der Waals surface area contributed by atoms with Gasteiger partial charge < -0.3 is 9.64 Å². The number of fused-ring (bicyclic) bond motifs is 1. The van der Waals surface area contributed by atoms with Crippen molar-refractivity contribution < 1.29 is 9.53 Å². The fraction of sp³-hybridized carbons (Fsp3) is 0.556. The summed E-state index contributed by atoms with van der Waals surface area (Å²) in [6, 6.07) is 3.21. The number of hydrogen-bond donors (Lipinski definition) is 0. The van der Waals surface area contributed by atoms with Crippen molar-refractivity contribution in [3.8, 4) is 5.88 Å². The van der Waals surface area contributed by atoms with Crippen LogP contribution in [0.5, 0.6) is 5.88 Å². The Morgan fingerprint density at radius 2 is 2.08 bits per heavy atom. The summed E-state index contributed by atoms with van der Waals surface area (Å²) in [6.07, 6.45) is 6.08. The summed E-state index contributed by atoms with van der Waals surface area (Å²) in [6.45, 7) is 1.93. The smallest absolute Gasteiger partial charge is 0.346 e. The van der Waals surface area contributed by atoms with Gasteiger partial charge in [0.05, 0.1) is 13.7 Å². The topological polar surface area (TPSA) is 82.2 Å². The lowest BCUT2D eigenvalue weighted by Gasteiger charge is -2.27. The van der Waals surface area contributed by atoms with Gasteiger partial charge >= 0.3 is 5.69 Å². The third-order valence-corrected chi connectivity index (χ3v) is 5.17. The van der Waals surface area contributed by atoms with Gasteiger partial charge in [0.15, 0.2) is 0 Å². The molecular formula is C18H23N5O3. The average Bonchev–Trinajstić information content (AvgIpc) is 3.31. The number of carbonyl (C=O) groups is 1. The minimum Gasteiger partial charge on any atom is -0.481 e. The number of aryl methyl sites for hydroxylation is 1. The number of nitrogens with zero attached hydrogens (tertiary/aromatic N) is 5. The summed E-state index contributed by atoms with van der Waals surface area (Å²) >= 11 is 0. The number of methoxy groups -OCH3 is 1. The monoisotopic (exact) mass is 357 g/mol. The summed E-state index contributed by atoms with van der Waals surface area (Å²) in [7, 11) is 1.56. The van der Waals surface area contributed by atoms with Gasteiger partial charge in [0.25, 0.3) is 0 Å². The number of pyridine rings is 1. The number of carbonyl (C=O) groups excluding carboxylic acids is 1. The molecule has 2 aliphatic rings. The Morgan fingerprint density at radius 1 is 1.27 bits per heavy atom. The number of likely N-dealkylation sites (tertiary alicyclic amines) is 1. The van der Waals surface area contributed by atoms with E-state index < -0.39 is 6.04 Å². The van der Waals surface area contributed by atoms with Crippen LogP contribution in [0.1, 0.15) is 43.1 Å². The summed E-state index contributed by atoms with van der Waals surface area (Å²) in [5.74, 6) is 1.30. The van der Waals surface area contributed by atoms with Crippen LogP contribution in [0.15, 0.2) is 23.1 Å². The Bertz CT molecular complexity index is 849. The van der Waals surface area contributed by atoms with E-state index in [9.17, 15) is 9.59 Å². The summed E-state index contributed by atoms with van der Waals surface area (Å²) in [5, 5.41) is 4.48. The van der Waals surface area contributed by atoms with Gasteiger partial charge in [-0.1, -0.05) is 6.07 Å². The van der Waals surface area contributed by atoms with Crippen LogP contribution in [0.4, 0.5) is 0 Å². The first-order valence-electron chi connectivity index (χ1n) is 9.13. The molecule has 8 nitrogen and oxygen atoms in total. The van der Waals surface area contributed by atoms with E-state index in [0.717, 1.165) is 44.3 Å². The second kappa shape index (κ2) is 6.93. The third kappa shape index (κ3) is 3.00. The molecule has 8 heteroatoms. The van der Waals surface area contributed by atoms with E-state index in [-0.39, 0.29) is 11.6 Å². The van der Waals surface area contributed by atoms with Gasteiger partial charge in [-0.25, -0.2) is 14.5 Å². The molecule has 2 aromatic rings. The summed E-state index contributed by atoms with van der Waals surface area (Å²) in [4.78, 5) is 31.8. The molecule has 1 fully saturated rings. The number of rotatable bonds is 4. The van der Waals surface area contributed by atoms with Gasteiger partial charge in [-0.3, -0.25) is 9.36 Å². The zero-order valence-electron chi connectivity index (χ0n) is 14.9. The Morgan fingerprint density at radius 3 is 2.77 bits per heavy atom. The molecule has 4 heterocycles. The quantitative estimate of drug-likeness (QED) is 0.815. The fourth-order valence-corrected chi connectivity index (χ4v) is 3.81. The molecule has 0 unspecified atom stereocenters. The van der Waals surface area contributed by atoms with E-state index in [4.69, 9.17) is 4.74 Å². The first kappa shape index (κ1) is 16.8. The number of ether oxygens (including phenoxy) is 1. The third-order valence-electron chi connectivity index (χ3n) is 5.17. The van der Waals surface area contributed by atoms with Gasteiger partial charge in [0, 0.05) is 31.8 Å². The van der Waals surface area contributed by atoms with Crippen LogP contribution in [0.25, 0.3) is 0 Å². The highest BCUT2D eigenvalue weighted by Crippen LogP contribution is 2.25. The van der Waals surface area contributed by atoms with E-state index >= 15 is 0 Å². The van der Waals surface area contributed by atoms with Crippen molar-refractivity contribution in [2.75, 3.05) is 20.2 Å². The minimum absolute atomic E-state index is 0.0659. The Kier molecular flexibility index (Phi) is 4.48. The standard InChI is InChI=1S/C18H23N5O3/c1-26-16-8-7-13(11-19-16)12-22-18(25)23-14(5-4-6-15(23)20-22)17(24)21-9-2-3-10-21/h7-8,11,14H,2-6,9-10,12H2,1H3/t14-/m0/s1. The Hall–Kier alpha value is -2.64.